The molecular weight excluding hydrogens is 304 g/mol. The van der Waals surface area contributed by atoms with E-state index in [0.717, 1.165) is 39.1 Å². The molecular formula is C19H42N2O3. The predicted octanol–water partition coefficient (Wildman–Crippen LogP) is 2.36. The minimum Gasteiger partial charge on any atom is -0.395 e. The lowest BCUT2D eigenvalue weighted by Crippen LogP contribution is -2.46. The first-order valence-corrected chi connectivity index (χ1v) is 9.87. The molecule has 3 atom stereocenters. The van der Waals surface area contributed by atoms with Crippen molar-refractivity contribution in [2.24, 2.45) is 0 Å². The molecule has 3 saturated heterocycles. The average Bonchev–Trinajstić information content (AvgIpc) is 3.23. The van der Waals surface area contributed by atoms with Crippen molar-refractivity contribution in [3.05, 3.63) is 0 Å². The maximum atomic E-state index is 9.02. The zero-order valence-corrected chi connectivity index (χ0v) is 16.9. The summed E-state index contributed by atoms with van der Waals surface area (Å²) >= 11 is 0. The van der Waals surface area contributed by atoms with E-state index in [0.29, 0.717) is 25.3 Å². The first kappa shape index (κ1) is 23.8. The van der Waals surface area contributed by atoms with E-state index < -0.39 is 0 Å². The van der Waals surface area contributed by atoms with Gasteiger partial charge in [0.05, 0.1) is 26.4 Å². The van der Waals surface area contributed by atoms with Crippen LogP contribution in [-0.2, 0) is 4.74 Å². The van der Waals surface area contributed by atoms with Gasteiger partial charge in [0.2, 0.25) is 0 Å². The van der Waals surface area contributed by atoms with Gasteiger partial charge in [0.15, 0.2) is 0 Å². The van der Waals surface area contributed by atoms with Crippen molar-refractivity contribution < 1.29 is 14.9 Å². The second kappa shape index (κ2) is 13.1. The molecule has 0 aliphatic carbocycles. The van der Waals surface area contributed by atoms with Crippen LogP contribution in [0.1, 0.15) is 60.3 Å². The van der Waals surface area contributed by atoms with Gasteiger partial charge in [-0.1, -0.05) is 27.7 Å². The summed E-state index contributed by atoms with van der Waals surface area (Å²) in [5, 5.41) is 18.0. The predicted molar refractivity (Wildman–Crippen MR) is 101 cm³/mol. The summed E-state index contributed by atoms with van der Waals surface area (Å²) in [6.07, 6.45) is 4.71. The third kappa shape index (κ3) is 6.60. The highest BCUT2D eigenvalue weighted by Gasteiger charge is 2.34. The molecule has 5 heteroatoms. The number of fused-ring (bicyclic) bond motifs is 1. The standard InChI is InChI=1S/C8H15NO2.C7H15NO.2C2H6/c10-5-7-1-2-8-6-11-4-3-9(7)8;1-7(6-9)4-3-5-8(7)2;2*1-2/h7-8,10H,1-6H2;9H,3-6H2,1-2H3;2*1-2H3/t7-,8-;7-;;/m00../s1. The van der Waals surface area contributed by atoms with Crippen molar-refractivity contribution in [3.63, 3.8) is 0 Å². The van der Waals surface area contributed by atoms with Crippen LogP contribution in [0.4, 0.5) is 0 Å². The Kier molecular flexibility index (Phi) is 13.0. The van der Waals surface area contributed by atoms with E-state index in [2.05, 4.69) is 23.8 Å². The van der Waals surface area contributed by atoms with Crippen molar-refractivity contribution in [2.75, 3.05) is 46.6 Å². The topological polar surface area (TPSA) is 56.2 Å². The molecule has 3 rings (SSSR count). The van der Waals surface area contributed by atoms with Gasteiger partial charge in [-0.3, -0.25) is 9.80 Å². The van der Waals surface area contributed by atoms with Crippen LogP contribution in [0, 0.1) is 0 Å². The fourth-order valence-electron chi connectivity index (χ4n) is 3.50. The van der Waals surface area contributed by atoms with Crippen LogP contribution in [-0.4, -0.2) is 84.2 Å². The molecule has 0 saturated carbocycles. The maximum Gasteiger partial charge on any atom is 0.0622 e. The third-order valence-electron chi connectivity index (χ3n) is 5.26. The van der Waals surface area contributed by atoms with Crippen LogP contribution in [0.2, 0.25) is 0 Å². The van der Waals surface area contributed by atoms with Crippen LogP contribution in [0.5, 0.6) is 0 Å². The summed E-state index contributed by atoms with van der Waals surface area (Å²) in [6, 6.07) is 1.02. The minimum atomic E-state index is 0.0833. The largest absolute Gasteiger partial charge is 0.395 e. The molecule has 3 aliphatic rings. The molecule has 0 aromatic heterocycles. The number of morpholine rings is 1. The molecule has 5 nitrogen and oxygen atoms in total. The van der Waals surface area contributed by atoms with Gasteiger partial charge in [-0.2, -0.15) is 0 Å². The Morgan fingerprint density at radius 3 is 2.21 bits per heavy atom. The molecule has 3 fully saturated rings. The monoisotopic (exact) mass is 346 g/mol. The number of likely N-dealkylation sites (tertiary alicyclic amines) is 1. The number of aliphatic hydroxyl groups is 2. The van der Waals surface area contributed by atoms with Gasteiger partial charge in [-0.05, 0) is 46.2 Å². The maximum absolute atomic E-state index is 9.02. The van der Waals surface area contributed by atoms with Gasteiger partial charge < -0.3 is 14.9 Å². The fourth-order valence-corrected chi connectivity index (χ4v) is 3.50. The molecule has 0 aromatic rings. The first-order chi connectivity index (χ1) is 11.6. The second-order valence-electron chi connectivity index (χ2n) is 6.56. The van der Waals surface area contributed by atoms with Crippen molar-refractivity contribution in [3.8, 4) is 0 Å². The quantitative estimate of drug-likeness (QED) is 0.804. The van der Waals surface area contributed by atoms with E-state index in [4.69, 9.17) is 14.9 Å². The van der Waals surface area contributed by atoms with Gasteiger partial charge in [0.1, 0.15) is 0 Å². The van der Waals surface area contributed by atoms with Gasteiger partial charge in [0, 0.05) is 24.2 Å². The smallest absolute Gasteiger partial charge is 0.0622 e. The van der Waals surface area contributed by atoms with E-state index >= 15 is 0 Å². The molecule has 0 aromatic carbocycles. The number of rotatable bonds is 2. The van der Waals surface area contributed by atoms with Gasteiger partial charge in [0.25, 0.3) is 0 Å². The van der Waals surface area contributed by atoms with Crippen LogP contribution in [0.25, 0.3) is 0 Å². The highest BCUT2D eigenvalue weighted by molar-refractivity contribution is 4.89. The number of likely N-dealkylation sites (N-methyl/N-ethyl adjacent to an activating group) is 1. The molecule has 2 N–H and O–H groups in total. The fraction of sp³-hybridized carbons (Fsp3) is 1.00. The van der Waals surface area contributed by atoms with Crippen molar-refractivity contribution in [1.29, 1.82) is 0 Å². The summed E-state index contributed by atoms with van der Waals surface area (Å²) in [5.41, 5.74) is 0.0833. The summed E-state index contributed by atoms with van der Waals surface area (Å²) in [5.74, 6) is 0. The van der Waals surface area contributed by atoms with Crippen LogP contribution in [0.15, 0.2) is 0 Å². The first-order valence-electron chi connectivity index (χ1n) is 9.87. The lowest BCUT2D eigenvalue weighted by molar-refractivity contribution is -0.0114. The zero-order chi connectivity index (χ0) is 18.6. The van der Waals surface area contributed by atoms with Crippen molar-refractivity contribution in [2.45, 2.75) is 77.9 Å². The molecule has 0 spiro atoms. The van der Waals surface area contributed by atoms with E-state index in [1.54, 1.807) is 0 Å². The number of hydrogen-bond donors (Lipinski definition) is 2. The minimum absolute atomic E-state index is 0.0833. The van der Waals surface area contributed by atoms with E-state index in [1.807, 2.05) is 27.7 Å². The number of hydrogen-bond acceptors (Lipinski definition) is 5. The Balaban J connectivity index is 0.000000371. The molecule has 146 valence electrons. The van der Waals surface area contributed by atoms with Gasteiger partial charge in [-0.25, -0.2) is 0 Å². The van der Waals surface area contributed by atoms with E-state index in [1.165, 1.54) is 12.8 Å². The van der Waals surface area contributed by atoms with E-state index in [-0.39, 0.29) is 5.54 Å². The zero-order valence-electron chi connectivity index (χ0n) is 16.9. The Bertz CT molecular complexity index is 298. The third-order valence-corrected chi connectivity index (χ3v) is 5.26. The normalized spacial score (nSPS) is 32.5. The van der Waals surface area contributed by atoms with Gasteiger partial charge >= 0.3 is 0 Å². The number of nitrogens with zero attached hydrogens (tertiary/aromatic N) is 2. The Morgan fingerprint density at radius 1 is 1.08 bits per heavy atom. The molecule has 0 bridgehead atoms. The summed E-state index contributed by atoms with van der Waals surface area (Å²) < 4.78 is 5.35. The summed E-state index contributed by atoms with van der Waals surface area (Å²) in [7, 11) is 2.07. The molecule has 3 heterocycles. The van der Waals surface area contributed by atoms with Crippen LogP contribution < -0.4 is 0 Å². The molecule has 0 radical (unpaired) electrons. The average molecular weight is 347 g/mol. The van der Waals surface area contributed by atoms with Crippen molar-refractivity contribution in [1.82, 2.24) is 9.80 Å². The molecule has 0 unspecified atom stereocenters. The lowest BCUT2D eigenvalue weighted by Gasteiger charge is -2.32. The Morgan fingerprint density at radius 2 is 1.75 bits per heavy atom. The molecule has 3 aliphatic heterocycles. The summed E-state index contributed by atoms with van der Waals surface area (Å²) in [6.45, 7) is 14.6. The number of ether oxygens (including phenoxy) is 1. The highest BCUT2D eigenvalue weighted by Crippen LogP contribution is 2.26. The van der Waals surface area contributed by atoms with E-state index in [9.17, 15) is 0 Å². The second-order valence-corrected chi connectivity index (χ2v) is 6.56. The lowest BCUT2D eigenvalue weighted by atomic mass is 10.0. The van der Waals surface area contributed by atoms with Crippen molar-refractivity contribution >= 4 is 0 Å². The van der Waals surface area contributed by atoms with Crippen LogP contribution >= 0.6 is 0 Å². The van der Waals surface area contributed by atoms with Crippen LogP contribution in [0.3, 0.4) is 0 Å². The Labute approximate surface area is 150 Å². The summed E-state index contributed by atoms with van der Waals surface area (Å²) in [4.78, 5) is 4.62. The highest BCUT2D eigenvalue weighted by atomic mass is 16.5. The SMILES string of the molecule is CC.CC.CN1CCC[C@@]1(C)CO.OC[C@@H]1CC[C@H]2COCCN12. The van der Waals surface area contributed by atoms with Gasteiger partial charge in [-0.15, -0.1) is 0 Å². The molecule has 24 heavy (non-hydrogen) atoms. The molecule has 0 amide bonds. The Hall–Kier alpha value is -0.200. The number of aliphatic hydroxyl groups excluding tert-OH is 2.